The molecule has 27 heavy (non-hydrogen) atoms. The first-order chi connectivity index (χ1) is 12.6. The maximum atomic E-state index is 11.8. The molecule has 0 saturated carbocycles. The van der Waals surface area contributed by atoms with Crippen molar-refractivity contribution in [2.24, 2.45) is 4.99 Å². The zero-order valence-corrected chi connectivity index (χ0v) is 18.8. The predicted molar refractivity (Wildman–Crippen MR) is 122 cm³/mol. The van der Waals surface area contributed by atoms with Crippen LogP contribution in [0.15, 0.2) is 63.0 Å². The Kier molecular flexibility index (Phi) is 11.7. The van der Waals surface area contributed by atoms with Crippen LogP contribution in [0.5, 0.6) is 0 Å². The Hall–Kier alpha value is -1.68. The van der Waals surface area contributed by atoms with Crippen LogP contribution in [0.25, 0.3) is 0 Å². The Labute approximate surface area is 182 Å². The molecule has 0 spiro atoms. The topological polar surface area (TPSA) is 69.9 Å². The molecule has 0 aliphatic carbocycles. The Morgan fingerprint density at radius 2 is 1.85 bits per heavy atom. The molecule has 0 aliphatic rings. The van der Waals surface area contributed by atoms with Crippen LogP contribution in [0.4, 0.5) is 0 Å². The maximum absolute atomic E-state index is 11.8. The summed E-state index contributed by atoms with van der Waals surface area (Å²) in [6.07, 6.45) is 2.42. The normalized spacial score (nSPS) is 10.8. The van der Waals surface area contributed by atoms with Crippen molar-refractivity contribution in [2.45, 2.75) is 11.3 Å². The average molecular weight is 502 g/mol. The summed E-state index contributed by atoms with van der Waals surface area (Å²) >= 11 is 1.78. The number of amides is 1. The van der Waals surface area contributed by atoms with E-state index >= 15 is 0 Å². The summed E-state index contributed by atoms with van der Waals surface area (Å²) in [6.45, 7) is 1.55. The van der Waals surface area contributed by atoms with Gasteiger partial charge in [-0.05, 0) is 24.3 Å². The quantitative estimate of drug-likeness (QED) is 0.182. The summed E-state index contributed by atoms with van der Waals surface area (Å²) < 4.78 is 5.33. The van der Waals surface area contributed by atoms with Crippen molar-refractivity contribution >= 4 is 47.6 Å². The fraction of sp³-hybridized carbons (Fsp3) is 0.368. The van der Waals surface area contributed by atoms with Gasteiger partial charge in [-0.25, -0.2) is 4.99 Å². The van der Waals surface area contributed by atoms with Gasteiger partial charge in [0, 0.05) is 44.3 Å². The standard InChI is InChI=1S/C19H26N4O2S.HI/c1-23(2)18(24)15-22-19(20-11-10-16-7-6-13-25-16)21-12-14-26-17-8-4-3-5-9-17;/h3-9,13H,10-12,14-15H2,1-2H3,(H2,20,21,22);1H. The van der Waals surface area contributed by atoms with Crippen LogP contribution in [0.2, 0.25) is 0 Å². The number of furan rings is 1. The minimum atomic E-state index is -0.0317. The molecule has 148 valence electrons. The van der Waals surface area contributed by atoms with E-state index in [4.69, 9.17) is 4.42 Å². The summed E-state index contributed by atoms with van der Waals surface area (Å²) in [5.74, 6) is 2.43. The first kappa shape index (κ1) is 23.4. The molecule has 8 heteroatoms. The number of hydrogen-bond donors (Lipinski definition) is 2. The molecule has 0 bridgehead atoms. The number of carbonyl (C=O) groups excluding carboxylic acids is 1. The Morgan fingerprint density at radius 3 is 2.52 bits per heavy atom. The second kappa shape index (κ2) is 13.5. The number of guanidine groups is 1. The molecule has 1 heterocycles. The lowest BCUT2D eigenvalue weighted by Crippen LogP contribution is -2.40. The van der Waals surface area contributed by atoms with Crippen molar-refractivity contribution in [1.82, 2.24) is 15.5 Å². The van der Waals surface area contributed by atoms with Crippen molar-refractivity contribution in [3.63, 3.8) is 0 Å². The zero-order valence-electron chi connectivity index (χ0n) is 15.7. The van der Waals surface area contributed by atoms with Gasteiger partial charge in [-0.3, -0.25) is 4.79 Å². The van der Waals surface area contributed by atoms with E-state index < -0.39 is 0 Å². The van der Waals surface area contributed by atoms with Crippen LogP contribution in [0, 0.1) is 0 Å². The third-order valence-corrected chi connectivity index (χ3v) is 4.54. The van der Waals surface area contributed by atoms with E-state index in [1.807, 2.05) is 30.3 Å². The highest BCUT2D eigenvalue weighted by Crippen LogP contribution is 2.15. The second-order valence-corrected chi connectivity index (χ2v) is 6.97. The van der Waals surface area contributed by atoms with E-state index in [2.05, 4.69) is 27.8 Å². The Balaban J connectivity index is 0.00000364. The number of thioether (sulfide) groups is 1. The second-order valence-electron chi connectivity index (χ2n) is 5.80. The summed E-state index contributed by atoms with van der Waals surface area (Å²) in [6, 6.07) is 14.1. The van der Waals surface area contributed by atoms with Gasteiger partial charge in [0.1, 0.15) is 12.3 Å². The van der Waals surface area contributed by atoms with E-state index in [1.165, 1.54) is 9.80 Å². The van der Waals surface area contributed by atoms with E-state index in [9.17, 15) is 4.79 Å². The maximum Gasteiger partial charge on any atom is 0.243 e. The first-order valence-electron chi connectivity index (χ1n) is 8.57. The van der Waals surface area contributed by atoms with Gasteiger partial charge in [0.15, 0.2) is 5.96 Å². The van der Waals surface area contributed by atoms with Crippen LogP contribution < -0.4 is 10.6 Å². The number of carbonyl (C=O) groups is 1. The first-order valence-corrected chi connectivity index (χ1v) is 9.56. The molecule has 0 unspecified atom stereocenters. The van der Waals surface area contributed by atoms with Gasteiger partial charge in [0.05, 0.1) is 6.26 Å². The molecule has 2 rings (SSSR count). The molecule has 1 aromatic heterocycles. The van der Waals surface area contributed by atoms with Crippen molar-refractivity contribution in [3.8, 4) is 0 Å². The number of hydrogen-bond acceptors (Lipinski definition) is 4. The minimum absolute atomic E-state index is 0. The van der Waals surface area contributed by atoms with Crippen molar-refractivity contribution in [1.29, 1.82) is 0 Å². The lowest BCUT2D eigenvalue weighted by molar-refractivity contribution is -0.127. The van der Waals surface area contributed by atoms with Gasteiger partial charge in [-0.15, -0.1) is 35.7 Å². The predicted octanol–water partition coefficient (Wildman–Crippen LogP) is 2.86. The van der Waals surface area contributed by atoms with Gasteiger partial charge in [-0.1, -0.05) is 18.2 Å². The molecule has 0 saturated heterocycles. The molecule has 0 radical (unpaired) electrons. The number of likely N-dealkylation sites (N-methyl/N-ethyl adjacent to an activating group) is 1. The molecule has 1 aromatic carbocycles. The fourth-order valence-electron chi connectivity index (χ4n) is 2.08. The summed E-state index contributed by atoms with van der Waals surface area (Å²) in [7, 11) is 3.46. The Bertz CT molecular complexity index is 678. The monoisotopic (exact) mass is 502 g/mol. The Morgan fingerprint density at radius 1 is 1.11 bits per heavy atom. The highest BCUT2D eigenvalue weighted by molar-refractivity contribution is 14.0. The van der Waals surface area contributed by atoms with Crippen LogP contribution in [0.3, 0.4) is 0 Å². The molecule has 0 aliphatic heterocycles. The van der Waals surface area contributed by atoms with Gasteiger partial charge < -0.3 is 20.0 Å². The van der Waals surface area contributed by atoms with Crippen molar-refractivity contribution in [3.05, 3.63) is 54.5 Å². The molecule has 0 fully saturated rings. The van der Waals surface area contributed by atoms with E-state index in [0.717, 1.165) is 24.5 Å². The molecule has 2 aromatic rings. The SMILES string of the molecule is CN(C)C(=O)CN=C(NCCSc1ccccc1)NCCc1ccco1.I. The molecule has 2 N–H and O–H groups in total. The van der Waals surface area contributed by atoms with Crippen molar-refractivity contribution in [2.75, 3.05) is 39.5 Å². The summed E-state index contributed by atoms with van der Waals surface area (Å²) in [5.41, 5.74) is 0. The third-order valence-electron chi connectivity index (χ3n) is 3.52. The molecular weight excluding hydrogens is 475 g/mol. The zero-order chi connectivity index (χ0) is 18.6. The summed E-state index contributed by atoms with van der Waals surface area (Å²) in [5, 5.41) is 6.53. The van der Waals surface area contributed by atoms with Crippen LogP contribution in [0.1, 0.15) is 5.76 Å². The van der Waals surface area contributed by atoms with Gasteiger partial charge in [-0.2, -0.15) is 0 Å². The minimum Gasteiger partial charge on any atom is -0.469 e. The fourth-order valence-corrected chi connectivity index (χ4v) is 2.87. The van der Waals surface area contributed by atoms with E-state index in [0.29, 0.717) is 12.5 Å². The number of aliphatic imine (C=N–C) groups is 1. The smallest absolute Gasteiger partial charge is 0.243 e. The van der Waals surface area contributed by atoms with Crippen LogP contribution >= 0.6 is 35.7 Å². The third kappa shape index (κ3) is 9.71. The molecule has 0 atom stereocenters. The number of benzene rings is 1. The number of rotatable bonds is 9. The van der Waals surface area contributed by atoms with E-state index in [1.54, 1.807) is 32.1 Å². The van der Waals surface area contributed by atoms with Crippen LogP contribution in [-0.2, 0) is 11.2 Å². The molecule has 6 nitrogen and oxygen atoms in total. The van der Waals surface area contributed by atoms with Crippen LogP contribution in [-0.4, -0.2) is 56.2 Å². The molecule has 1 amide bonds. The lowest BCUT2D eigenvalue weighted by Gasteiger charge is -2.13. The highest BCUT2D eigenvalue weighted by atomic mass is 127. The highest BCUT2D eigenvalue weighted by Gasteiger charge is 2.05. The number of nitrogens with zero attached hydrogens (tertiary/aromatic N) is 2. The van der Waals surface area contributed by atoms with Crippen molar-refractivity contribution < 1.29 is 9.21 Å². The number of halogens is 1. The van der Waals surface area contributed by atoms with Gasteiger partial charge in [0.2, 0.25) is 5.91 Å². The number of nitrogens with one attached hydrogen (secondary N) is 2. The average Bonchev–Trinajstić information content (AvgIpc) is 3.16. The lowest BCUT2D eigenvalue weighted by atomic mass is 10.3. The van der Waals surface area contributed by atoms with Gasteiger partial charge in [0.25, 0.3) is 0 Å². The largest absolute Gasteiger partial charge is 0.469 e. The summed E-state index contributed by atoms with van der Waals surface area (Å²) in [4.78, 5) is 18.9. The van der Waals surface area contributed by atoms with E-state index in [-0.39, 0.29) is 36.4 Å². The molecular formula is C19H27IN4O2S. The van der Waals surface area contributed by atoms with Gasteiger partial charge >= 0.3 is 0 Å².